The summed E-state index contributed by atoms with van der Waals surface area (Å²) in [5.74, 6) is -0.661. The first-order valence-corrected chi connectivity index (χ1v) is 10.0. The van der Waals surface area contributed by atoms with Gasteiger partial charge in [0.15, 0.2) is 0 Å². The third-order valence-electron chi connectivity index (χ3n) is 4.27. The molecule has 8 heteroatoms. The van der Waals surface area contributed by atoms with Crippen LogP contribution in [0.15, 0.2) is 53.4 Å². The lowest BCUT2D eigenvalue weighted by Crippen LogP contribution is -2.37. The summed E-state index contributed by atoms with van der Waals surface area (Å²) in [5.41, 5.74) is 0.479. The van der Waals surface area contributed by atoms with Crippen LogP contribution in [-0.4, -0.2) is 49.7 Å². The summed E-state index contributed by atoms with van der Waals surface area (Å²) in [5, 5.41) is 0.478. The van der Waals surface area contributed by atoms with Gasteiger partial charge in [0.1, 0.15) is 5.82 Å². The highest BCUT2D eigenvalue weighted by Gasteiger charge is 2.28. The van der Waals surface area contributed by atoms with Crippen LogP contribution < -0.4 is 0 Å². The molecule has 0 radical (unpaired) electrons. The van der Waals surface area contributed by atoms with Gasteiger partial charge in [0.05, 0.1) is 4.90 Å². The smallest absolute Gasteiger partial charge is 0.253 e. The molecule has 0 saturated carbocycles. The standard InChI is InChI=1S/C18H18ClFN2O3S/c19-15-4-1-3-14(13-15)18(23)21-9-2-10-22(12-11-21)26(24,25)17-7-5-16(20)6-8-17/h1,3-8,13H,2,9-12H2. The van der Waals surface area contributed by atoms with E-state index < -0.39 is 15.8 Å². The van der Waals surface area contributed by atoms with Crippen molar-refractivity contribution >= 4 is 27.5 Å². The van der Waals surface area contributed by atoms with Crippen LogP contribution in [0.1, 0.15) is 16.8 Å². The Hall–Kier alpha value is -1.96. The van der Waals surface area contributed by atoms with Gasteiger partial charge >= 0.3 is 0 Å². The Morgan fingerprint density at radius 1 is 1.00 bits per heavy atom. The summed E-state index contributed by atoms with van der Waals surface area (Å²) in [6.45, 7) is 1.23. The predicted molar refractivity (Wildman–Crippen MR) is 97.1 cm³/mol. The molecule has 5 nitrogen and oxygen atoms in total. The topological polar surface area (TPSA) is 57.7 Å². The van der Waals surface area contributed by atoms with E-state index in [2.05, 4.69) is 0 Å². The fourth-order valence-electron chi connectivity index (χ4n) is 2.90. The highest BCUT2D eigenvalue weighted by atomic mass is 35.5. The van der Waals surface area contributed by atoms with Crippen molar-refractivity contribution in [2.24, 2.45) is 0 Å². The number of nitrogens with zero attached hydrogens (tertiary/aromatic N) is 2. The first kappa shape index (κ1) is 18.8. The molecule has 138 valence electrons. The molecule has 0 bridgehead atoms. The van der Waals surface area contributed by atoms with Gasteiger partial charge in [-0.1, -0.05) is 17.7 Å². The van der Waals surface area contributed by atoms with Crippen molar-refractivity contribution in [3.8, 4) is 0 Å². The molecule has 0 aromatic heterocycles. The molecule has 1 saturated heterocycles. The maximum absolute atomic E-state index is 13.0. The number of amides is 1. The monoisotopic (exact) mass is 396 g/mol. The van der Waals surface area contributed by atoms with E-state index in [0.29, 0.717) is 30.1 Å². The van der Waals surface area contributed by atoms with Crippen molar-refractivity contribution in [2.45, 2.75) is 11.3 Å². The molecule has 0 atom stereocenters. The number of benzene rings is 2. The van der Waals surface area contributed by atoms with Crippen LogP contribution in [0.25, 0.3) is 0 Å². The molecule has 0 spiro atoms. The second-order valence-electron chi connectivity index (χ2n) is 6.01. The minimum atomic E-state index is -3.72. The van der Waals surface area contributed by atoms with Gasteiger partial charge in [-0.05, 0) is 48.9 Å². The average molecular weight is 397 g/mol. The van der Waals surface area contributed by atoms with Crippen molar-refractivity contribution < 1.29 is 17.6 Å². The van der Waals surface area contributed by atoms with E-state index in [0.717, 1.165) is 12.1 Å². The molecular weight excluding hydrogens is 379 g/mol. The van der Waals surface area contributed by atoms with Gasteiger partial charge in [0, 0.05) is 36.8 Å². The Morgan fingerprint density at radius 3 is 2.42 bits per heavy atom. The zero-order chi connectivity index (χ0) is 18.7. The minimum absolute atomic E-state index is 0.0496. The highest BCUT2D eigenvalue weighted by Crippen LogP contribution is 2.19. The minimum Gasteiger partial charge on any atom is -0.337 e. The van der Waals surface area contributed by atoms with Crippen molar-refractivity contribution in [1.82, 2.24) is 9.21 Å². The van der Waals surface area contributed by atoms with Gasteiger partial charge in [-0.3, -0.25) is 4.79 Å². The Labute approximate surface area is 157 Å². The number of sulfonamides is 1. The van der Waals surface area contributed by atoms with Crippen LogP contribution in [0.5, 0.6) is 0 Å². The molecule has 0 aliphatic carbocycles. The van der Waals surface area contributed by atoms with Gasteiger partial charge in [-0.25, -0.2) is 12.8 Å². The Kier molecular flexibility index (Phi) is 5.60. The van der Waals surface area contributed by atoms with Crippen molar-refractivity contribution in [2.75, 3.05) is 26.2 Å². The molecule has 1 aliphatic heterocycles. The molecule has 3 rings (SSSR count). The molecular formula is C18H18ClFN2O3S. The maximum Gasteiger partial charge on any atom is 0.253 e. The number of hydrogen-bond donors (Lipinski definition) is 0. The summed E-state index contributed by atoms with van der Waals surface area (Å²) in [6.07, 6.45) is 0.521. The summed E-state index contributed by atoms with van der Waals surface area (Å²) in [4.78, 5) is 14.3. The molecule has 26 heavy (non-hydrogen) atoms. The van der Waals surface area contributed by atoms with Gasteiger partial charge < -0.3 is 4.90 Å². The van der Waals surface area contributed by atoms with Gasteiger partial charge in [0.25, 0.3) is 5.91 Å². The summed E-state index contributed by atoms with van der Waals surface area (Å²) in [7, 11) is -3.72. The maximum atomic E-state index is 13.0. The molecule has 1 amide bonds. The molecule has 2 aromatic rings. The number of halogens is 2. The van der Waals surface area contributed by atoms with Crippen molar-refractivity contribution in [1.29, 1.82) is 0 Å². The third-order valence-corrected chi connectivity index (χ3v) is 6.41. The second kappa shape index (κ2) is 7.73. The molecule has 1 aliphatic rings. The first-order valence-electron chi connectivity index (χ1n) is 8.18. The van der Waals surface area contributed by atoms with Gasteiger partial charge in [0.2, 0.25) is 10.0 Å². The zero-order valence-electron chi connectivity index (χ0n) is 13.9. The van der Waals surface area contributed by atoms with E-state index in [1.165, 1.54) is 16.4 Å². The van der Waals surface area contributed by atoms with Crippen molar-refractivity contribution in [3.63, 3.8) is 0 Å². The first-order chi connectivity index (χ1) is 12.4. The van der Waals surface area contributed by atoms with Crippen LogP contribution in [0, 0.1) is 5.82 Å². The second-order valence-corrected chi connectivity index (χ2v) is 8.39. The lowest BCUT2D eigenvalue weighted by atomic mass is 10.2. The Morgan fingerprint density at radius 2 is 1.73 bits per heavy atom. The van der Waals surface area contributed by atoms with Crippen LogP contribution in [0.2, 0.25) is 5.02 Å². The van der Waals surface area contributed by atoms with Crippen LogP contribution in [0.3, 0.4) is 0 Å². The Bertz CT molecular complexity index is 903. The van der Waals surface area contributed by atoms with Gasteiger partial charge in [-0.15, -0.1) is 0 Å². The molecule has 1 heterocycles. The molecule has 1 fully saturated rings. The van der Waals surface area contributed by atoms with Crippen LogP contribution >= 0.6 is 11.6 Å². The van der Waals surface area contributed by atoms with E-state index in [4.69, 9.17) is 11.6 Å². The molecule has 0 unspecified atom stereocenters. The van der Waals surface area contributed by atoms with E-state index in [9.17, 15) is 17.6 Å². The number of carbonyl (C=O) groups is 1. The SMILES string of the molecule is O=C(c1cccc(Cl)c1)N1CCCN(S(=O)(=O)c2ccc(F)cc2)CC1. The summed E-state index contributed by atoms with van der Waals surface area (Å²) >= 11 is 5.94. The zero-order valence-corrected chi connectivity index (χ0v) is 15.5. The van der Waals surface area contributed by atoms with E-state index >= 15 is 0 Å². The van der Waals surface area contributed by atoms with E-state index in [-0.39, 0.29) is 23.9 Å². The fourth-order valence-corrected chi connectivity index (χ4v) is 4.56. The Balaban J connectivity index is 1.73. The molecule has 0 N–H and O–H groups in total. The quantitative estimate of drug-likeness (QED) is 0.801. The summed E-state index contributed by atoms with van der Waals surface area (Å²) < 4.78 is 39.8. The number of hydrogen-bond acceptors (Lipinski definition) is 3. The van der Waals surface area contributed by atoms with E-state index in [1.807, 2.05) is 0 Å². The van der Waals surface area contributed by atoms with Gasteiger partial charge in [-0.2, -0.15) is 4.31 Å². The van der Waals surface area contributed by atoms with Crippen LogP contribution in [0.4, 0.5) is 4.39 Å². The lowest BCUT2D eigenvalue weighted by Gasteiger charge is -2.22. The largest absolute Gasteiger partial charge is 0.337 e. The average Bonchev–Trinajstić information content (AvgIpc) is 2.88. The van der Waals surface area contributed by atoms with Crippen molar-refractivity contribution in [3.05, 3.63) is 64.9 Å². The predicted octanol–water partition coefficient (Wildman–Crippen LogP) is 3.02. The van der Waals surface area contributed by atoms with E-state index in [1.54, 1.807) is 29.2 Å². The lowest BCUT2D eigenvalue weighted by molar-refractivity contribution is 0.0764. The molecule has 2 aromatic carbocycles. The third kappa shape index (κ3) is 4.06. The fraction of sp³-hybridized carbons (Fsp3) is 0.278. The highest BCUT2D eigenvalue weighted by molar-refractivity contribution is 7.89. The number of carbonyl (C=O) groups excluding carboxylic acids is 1. The number of rotatable bonds is 3. The van der Waals surface area contributed by atoms with Crippen LogP contribution in [-0.2, 0) is 10.0 Å². The summed E-state index contributed by atoms with van der Waals surface area (Å²) in [6, 6.07) is 11.4. The normalized spacial score (nSPS) is 16.3.